The molecule has 1 amide bonds. The Morgan fingerprint density at radius 2 is 2.04 bits per heavy atom. The van der Waals surface area contributed by atoms with E-state index in [4.69, 9.17) is 27.7 Å². The van der Waals surface area contributed by atoms with Gasteiger partial charge in [0.1, 0.15) is 0 Å². The zero-order valence-corrected chi connectivity index (χ0v) is 14.2. The number of carbonyl (C=O) groups is 1. The molecule has 1 fully saturated rings. The number of hydrogen-bond acceptors (Lipinski definition) is 4. The number of aromatic nitrogens is 1. The van der Waals surface area contributed by atoms with E-state index in [1.54, 1.807) is 24.3 Å². The van der Waals surface area contributed by atoms with Crippen LogP contribution in [-0.2, 0) is 0 Å². The van der Waals surface area contributed by atoms with Crippen LogP contribution in [0.2, 0.25) is 10.0 Å². The Kier molecular flexibility index (Phi) is 4.90. The van der Waals surface area contributed by atoms with Gasteiger partial charge in [0.25, 0.3) is 5.91 Å². The van der Waals surface area contributed by atoms with Crippen LogP contribution < -0.4 is 5.32 Å². The van der Waals surface area contributed by atoms with Crippen molar-refractivity contribution in [1.29, 1.82) is 0 Å². The van der Waals surface area contributed by atoms with Gasteiger partial charge in [0.05, 0.1) is 5.02 Å². The smallest absolute Gasteiger partial charge is 0.273 e. The Hall–Kier alpha value is -1.56. The van der Waals surface area contributed by atoms with Crippen molar-refractivity contribution in [3.63, 3.8) is 0 Å². The second-order valence-electron chi connectivity index (χ2n) is 5.75. The molecule has 0 spiro atoms. The van der Waals surface area contributed by atoms with Gasteiger partial charge in [-0.15, -0.1) is 0 Å². The van der Waals surface area contributed by atoms with Crippen molar-refractivity contribution in [3.05, 3.63) is 40.0 Å². The van der Waals surface area contributed by atoms with Crippen LogP contribution in [0, 0.1) is 0 Å². The van der Waals surface area contributed by atoms with Gasteiger partial charge in [0.2, 0.25) is 0 Å². The highest BCUT2D eigenvalue weighted by Gasteiger charge is 2.21. The average molecular weight is 354 g/mol. The minimum Gasteiger partial charge on any atom is -0.355 e. The van der Waals surface area contributed by atoms with Crippen molar-refractivity contribution in [2.24, 2.45) is 0 Å². The van der Waals surface area contributed by atoms with Crippen LogP contribution >= 0.6 is 23.2 Å². The maximum absolute atomic E-state index is 12.3. The Morgan fingerprint density at radius 1 is 1.30 bits per heavy atom. The Labute approximate surface area is 144 Å². The number of piperidine rings is 1. The van der Waals surface area contributed by atoms with Crippen molar-refractivity contribution in [2.45, 2.75) is 18.9 Å². The summed E-state index contributed by atoms with van der Waals surface area (Å²) in [7, 11) is 2.08. The summed E-state index contributed by atoms with van der Waals surface area (Å²) in [5.41, 5.74) is 0.909. The lowest BCUT2D eigenvalue weighted by Crippen LogP contribution is -2.43. The number of amides is 1. The summed E-state index contributed by atoms with van der Waals surface area (Å²) in [6, 6.07) is 6.85. The first kappa shape index (κ1) is 16.3. The summed E-state index contributed by atoms with van der Waals surface area (Å²) in [6.45, 7) is 1.96. The maximum Gasteiger partial charge on any atom is 0.273 e. The largest absolute Gasteiger partial charge is 0.355 e. The summed E-state index contributed by atoms with van der Waals surface area (Å²) in [5.74, 6) is 0.222. The number of nitrogens with one attached hydrogen (secondary N) is 1. The molecular formula is C16H17Cl2N3O2. The molecule has 0 aliphatic carbocycles. The summed E-state index contributed by atoms with van der Waals surface area (Å²) >= 11 is 12.0. The lowest BCUT2D eigenvalue weighted by molar-refractivity contribution is 0.0908. The monoisotopic (exact) mass is 353 g/mol. The van der Waals surface area contributed by atoms with Crippen LogP contribution in [0.3, 0.4) is 0 Å². The fraction of sp³-hybridized carbons (Fsp3) is 0.375. The summed E-state index contributed by atoms with van der Waals surface area (Å²) in [4.78, 5) is 14.5. The molecule has 23 heavy (non-hydrogen) atoms. The number of halogens is 2. The zero-order valence-electron chi connectivity index (χ0n) is 12.7. The number of likely N-dealkylation sites (tertiary alicyclic amines) is 1. The van der Waals surface area contributed by atoms with E-state index in [2.05, 4.69) is 22.4 Å². The van der Waals surface area contributed by atoms with Crippen molar-refractivity contribution in [1.82, 2.24) is 15.4 Å². The molecule has 1 aromatic heterocycles. The Bertz CT molecular complexity index is 709. The predicted octanol–water partition coefficient (Wildman–Crippen LogP) is 3.47. The van der Waals surface area contributed by atoms with Gasteiger partial charge in [-0.25, -0.2) is 0 Å². The fourth-order valence-corrected chi connectivity index (χ4v) is 3.11. The fourth-order valence-electron chi connectivity index (χ4n) is 2.61. The van der Waals surface area contributed by atoms with E-state index in [-0.39, 0.29) is 17.6 Å². The van der Waals surface area contributed by atoms with Gasteiger partial charge >= 0.3 is 0 Å². The third-order valence-electron chi connectivity index (χ3n) is 3.99. The van der Waals surface area contributed by atoms with Gasteiger partial charge in [-0.3, -0.25) is 4.79 Å². The molecule has 0 atom stereocenters. The van der Waals surface area contributed by atoms with Crippen LogP contribution in [0.4, 0.5) is 0 Å². The number of carbonyl (C=O) groups excluding carboxylic acids is 1. The predicted molar refractivity (Wildman–Crippen MR) is 89.9 cm³/mol. The van der Waals surface area contributed by atoms with E-state index in [0.717, 1.165) is 25.9 Å². The Balaban J connectivity index is 1.70. The van der Waals surface area contributed by atoms with Gasteiger partial charge in [0, 0.05) is 22.7 Å². The second-order valence-corrected chi connectivity index (χ2v) is 6.60. The molecule has 3 rings (SSSR count). The van der Waals surface area contributed by atoms with Gasteiger partial charge in [-0.05, 0) is 51.2 Å². The second kappa shape index (κ2) is 6.91. The first-order chi connectivity index (χ1) is 11.0. The number of benzene rings is 1. The normalized spacial score (nSPS) is 16.5. The van der Waals surface area contributed by atoms with E-state index in [9.17, 15) is 4.79 Å². The molecule has 0 radical (unpaired) electrons. The van der Waals surface area contributed by atoms with E-state index in [1.165, 1.54) is 0 Å². The quantitative estimate of drug-likeness (QED) is 0.917. The van der Waals surface area contributed by atoms with E-state index < -0.39 is 0 Å². The van der Waals surface area contributed by atoms with E-state index in [1.807, 2.05) is 0 Å². The molecular weight excluding hydrogens is 337 g/mol. The average Bonchev–Trinajstić information content (AvgIpc) is 2.99. The first-order valence-corrected chi connectivity index (χ1v) is 8.20. The van der Waals surface area contributed by atoms with Crippen molar-refractivity contribution < 1.29 is 9.32 Å². The first-order valence-electron chi connectivity index (χ1n) is 7.44. The number of nitrogens with zero attached hydrogens (tertiary/aromatic N) is 2. The van der Waals surface area contributed by atoms with Crippen molar-refractivity contribution in [3.8, 4) is 11.3 Å². The molecule has 7 heteroatoms. The molecule has 1 saturated heterocycles. The molecule has 1 aromatic carbocycles. The lowest BCUT2D eigenvalue weighted by Gasteiger charge is -2.29. The molecule has 5 nitrogen and oxygen atoms in total. The minimum atomic E-state index is -0.223. The lowest BCUT2D eigenvalue weighted by atomic mass is 10.1. The number of hydrogen-bond donors (Lipinski definition) is 1. The molecule has 1 aliphatic rings. The van der Waals surface area contributed by atoms with Gasteiger partial charge < -0.3 is 14.7 Å². The van der Waals surface area contributed by atoms with Crippen LogP contribution in [0.25, 0.3) is 11.3 Å². The van der Waals surface area contributed by atoms with Crippen LogP contribution in [0.15, 0.2) is 28.8 Å². The molecule has 0 unspecified atom stereocenters. The molecule has 1 N–H and O–H groups in total. The topological polar surface area (TPSA) is 58.4 Å². The van der Waals surface area contributed by atoms with E-state index >= 15 is 0 Å². The third-order valence-corrected chi connectivity index (χ3v) is 4.54. The highest BCUT2D eigenvalue weighted by molar-refractivity contribution is 6.36. The standard InChI is InChI=1S/C16H17Cl2N3O2/c1-21-6-4-11(5-7-21)19-16(22)14-9-15(23-20-14)12-3-2-10(17)8-13(12)18/h2-3,8-9,11H,4-7H2,1H3,(H,19,22). The number of rotatable bonds is 3. The van der Waals surface area contributed by atoms with Crippen molar-refractivity contribution in [2.75, 3.05) is 20.1 Å². The zero-order chi connectivity index (χ0) is 16.4. The molecule has 2 heterocycles. The van der Waals surface area contributed by atoms with E-state index in [0.29, 0.717) is 21.4 Å². The summed E-state index contributed by atoms with van der Waals surface area (Å²) < 4.78 is 5.25. The summed E-state index contributed by atoms with van der Waals surface area (Å²) in [6.07, 6.45) is 1.88. The van der Waals surface area contributed by atoms with Crippen LogP contribution in [-0.4, -0.2) is 42.1 Å². The maximum atomic E-state index is 12.3. The Morgan fingerprint density at radius 3 is 2.74 bits per heavy atom. The SMILES string of the molecule is CN1CCC(NC(=O)c2cc(-c3ccc(Cl)cc3Cl)on2)CC1. The van der Waals surface area contributed by atoms with Crippen LogP contribution in [0.5, 0.6) is 0 Å². The molecule has 0 saturated carbocycles. The van der Waals surface area contributed by atoms with Gasteiger partial charge in [-0.2, -0.15) is 0 Å². The van der Waals surface area contributed by atoms with Crippen molar-refractivity contribution >= 4 is 29.1 Å². The minimum absolute atomic E-state index is 0.179. The molecule has 122 valence electrons. The van der Waals surface area contributed by atoms with Crippen LogP contribution in [0.1, 0.15) is 23.3 Å². The summed E-state index contributed by atoms with van der Waals surface area (Å²) in [5, 5.41) is 7.84. The molecule has 1 aliphatic heterocycles. The van der Waals surface area contributed by atoms with Gasteiger partial charge in [-0.1, -0.05) is 28.4 Å². The molecule has 2 aromatic rings. The molecule has 0 bridgehead atoms. The highest BCUT2D eigenvalue weighted by Crippen LogP contribution is 2.30. The third kappa shape index (κ3) is 3.86. The van der Waals surface area contributed by atoms with Gasteiger partial charge in [0.15, 0.2) is 11.5 Å². The highest BCUT2D eigenvalue weighted by atomic mass is 35.5.